The highest BCUT2D eigenvalue weighted by Gasteiger charge is 2.23. The van der Waals surface area contributed by atoms with E-state index in [-0.39, 0.29) is 5.56 Å². The monoisotopic (exact) mass is 307 g/mol. The van der Waals surface area contributed by atoms with Crippen LogP contribution in [-0.4, -0.2) is 26.1 Å². The van der Waals surface area contributed by atoms with Crippen LogP contribution in [0.1, 0.15) is 17.1 Å². The average molecular weight is 307 g/mol. The maximum Gasteiger partial charge on any atom is 0.258 e. The average Bonchev–Trinajstić information content (AvgIpc) is 2.59. The van der Waals surface area contributed by atoms with Crippen molar-refractivity contribution in [2.75, 3.05) is 11.4 Å². The van der Waals surface area contributed by atoms with Crippen molar-refractivity contribution >= 4 is 16.7 Å². The summed E-state index contributed by atoms with van der Waals surface area (Å²) in [6.45, 7) is 3.20. The van der Waals surface area contributed by atoms with Gasteiger partial charge < -0.3 is 4.90 Å². The van der Waals surface area contributed by atoms with E-state index in [9.17, 15) is 4.79 Å². The van der Waals surface area contributed by atoms with Crippen molar-refractivity contribution < 1.29 is 0 Å². The molecule has 1 aromatic carbocycles. The first-order valence-electron chi connectivity index (χ1n) is 7.65. The van der Waals surface area contributed by atoms with Gasteiger partial charge >= 0.3 is 0 Å². The van der Waals surface area contributed by atoms with Gasteiger partial charge in [-0.05, 0) is 19.1 Å². The van der Waals surface area contributed by atoms with E-state index in [4.69, 9.17) is 0 Å². The molecule has 1 aliphatic rings. The quantitative estimate of drug-likeness (QED) is 0.683. The number of aromatic nitrogens is 4. The number of para-hydroxylation sites is 1. The zero-order valence-corrected chi connectivity index (χ0v) is 13.2. The van der Waals surface area contributed by atoms with Crippen LogP contribution in [0.4, 0.5) is 5.82 Å². The number of benzene rings is 1. The van der Waals surface area contributed by atoms with Crippen molar-refractivity contribution in [2.45, 2.75) is 19.9 Å². The third-order valence-electron chi connectivity index (χ3n) is 4.48. The third kappa shape index (κ3) is 2.18. The SMILES string of the molecule is Cc1nc2c(c(=O)n1C)CN(c1ncnc3ccccc13)CC2. The summed E-state index contributed by atoms with van der Waals surface area (Å²) in [5, 5.41) is 1.01. The van der Waals surface area contributed by atoms with E-state index in [1.807, 2.05) is 31.2 Å². The fourth-order valence-corrected chi connectivity index (χ4v) is 3.11. The highest BCUT2D eigenvalue weighted by molar-refractivity contribution is 5.89. The molecular weight excluding hydrogens is 290 g/mol. The Morgan fingerprint density at radius 1 is 1.17 bits per heavy atom. The van der Waals surface area contributed by atoms with Crippen LogP contribution >= 0.6 is 0 Å². The molecule has 0 fully saturated rings. The molecule has 2 aromatic heterocycles. The minimum Gasteiger partial charge on any atom is -0.351 e. The van der Waals surface area contributed by atoms with Gasteiger partial charge in [-0.15, -0.1) is 0 Å². The first-order valence-corrected chi connectivity index (χ1v) is 7.65. The first-order chi connectivity index (χ1) is 11.1. The van der Waals surface area contributed by atoms with Gasteiger partial charge in [-0.3, -0.25) is 9.36 Å². The summed E-state index contributed by atoms with van der Waals surface area (Å²) in [6.07, 6.45) is 2.34. The van der Waals surface area contributed by atoms with Crippen LogP contribution in [0.25, 0.3) is 10.9 Å². The number of nitrogens with zero attached hydrogens (tertiary/aromatic N) is 5. The molecule has 0 spiro atoms. The Kier molecular flexibility index (Phi) is 3.11. The minimum atomic E-state index is 0.0376. The Bertz CT molecular complexity index is 958. The second-order valence-electron chi connectivity index (χ2n) is 5.83. The maximum atomic E-state index is 12.5. The van der Waals surface area contributed by atoms with Crippen molar-refractivity contribution in [3.63, 3.8) is 0 Å². The Morgan fingerprint density at radius 3 is 2.87 bits per heavy atom. The van der Waals surface area contributed by atoms with E-state index < -0.39 is 0 Å². The lowest BCUT2D eigenvalue weighted by atomic mass is 10.1. The molecule has 0 unspecified atom stereocenters. The van der Waals surface area contributed by atoms with Crippen molar-refractivity contribution in [1.82, 2.24) is 19.5 Å². The smallest absolute Gasteiger partial charge is 0.258 e. The van der Waals surface area contributed by atoms with Gasteiger partial charge in [0, 0.05) is 25.4 Å². The number of hydrogen-bond donors (Lipinski definition) is 0. The highest BCUT2D eigenvalue weighted by atomic mass is 16.1. The van der Waals surface area contributed by atoms with Crippen LogP contribution in [0.2, 0.25) is 0 Å². The number of anilines is 1. The van der Waals surface area contributed by atoms with E-state index >= 15 is 0 Å². The summed E-state index contributed by atoms with van der Waals surface area (Å²) in [4.78, 5) is 28.0. The van der Waals surface area contributed by atoms with Crippen LogP contribution in [0.5, 0.6) is 0 Å². The van der Waals surface area contributed by atoms with Crippen LogP contribution in [0.15, 0.2) is 35.4 Å². The molecule has 0 N–H and O–H groups in total. The zero-order chi connectivity index (χ0) is 16.0. The van der Waals surface area contributed by atoms with Gasteiger partial charge in [-0.1, -0.05) is 12.1 Å². The van der Waals surface area contributed by atoms with E-state index in [0.29, 0.717) is 6.54 Å². The van der Waals surface area contributed by atoms with Crippen LogP contribution in [0.3, 0.4) is 0 Å². The van der Waals surface area contributed by atoms with E-state index in [1.165, 1.54) is 0 Å². The molecule has 0 saturated heterocycles. The molecular formula is C17H17N5O. The highest BCUT2D eigenvalue weighted by Crippen LogP contribution is 2.26. The van der Waals surface area contributed by atoms with Gasteiger partial charge in [0.15, 0.2) is 0 Å². The summed E-state index contributed by atoms with van der Waals surface area (Å²) in [5.41, 5.74) is 2.64. The number of fused-ring (bicyclic) bond motifs is 2. The Balaban J connectivity index is 1.81. The third-order valence-corrected chi connectivity index (χ3v) is 4.48. The van der Waals surface area contributed by atoms with Crippen LogP contribution < -0.4 is 10.5 Å². The van der Waals surface area contributed by atoms with Gasteiger partial charge in [0.05, 0.1) is 23.3 Å². The molecule has 6 nitrogen and oxygen atoms in total. The second-order valence-corrected chi connectivity index (χ2v) is 5.83. The predicted octanol–water partition coefficient (Wildman–Crippen LogP) is 1.59. The van der Waals surface area contributed by atoms with E-state index in [1.54, 1.807) is 17.9 Å². The van der Waals surface area contributed by atoms with Crippen molar-refractivity contribution in [2.24, 2.45) is 7.05 Å². The van der Waals surface area contributed by atoms with Crippen LogP contribution in [-0.2, 0) is 20.0 Å². The van der Waals surface area contributed by atoms with Crippen LogP contribution in [0, 0.1) is 6.92 Å². The molecule has 0 bridgehead atoms. The number of aryl methyl sites for hydroxylation is 1. The van der Waals surface area contributed by atoms with Gasteiger partial charge in [0.25, 0.3) is 5.56 Å². The Labute approximate surface area is 133 Å². The fourth-order valence-electron chi connectivity index (χ4n) is 3.11. The van der Waals surface area contributed by atoms with Gasteiger partial charge in [-0.25, -0.2) is 15.0 Å². The zero-order valence-electron chi connectivity index (χ0n) is 13.2. The molecule has 116 valence electrons. The molecule has 3 heterocycles. The Morgan fingerprint density at radius 2 is 2.00 bits per heavy atom. The molecule has 4 rings (SSSR count). The van der Waals surface area contributed by atoms with Crippen molar-refractivity contribution in [3.05, 3.63) is 58.0 Å². The summed E-state index contributed by atoms with van der Waals surface area (Å²) in [6, 6.07) is 7.94. The minimum absolute atomic E-state index is 0.0376. The fraction of sp³-hybridized carbons (Fsp3) is 0.294. The van der Waals surface area contributed by atoms with Crippen molar-refractivity contribution in [1.29, 1.82) is 0 Å². The molecule has 3 aromatic rings. The standard InChI is InChI=1S/C17H17N5O/c1-11-20-15-7-8-22(9-13(15)17(23)21(11)2)16-12-5-3-4-6-14(12)18-10-19-16/h3-6,10H,7-9H2,1-2H3. The molecule has 1 aliphatic heterocycles. The first kappa shape index (κ1) is 13.9. The lowest BCUT2D eigenvalue weighted by Gasteiger charge is -2.29. The predicted molar refractivity (Wildman–Crippen MR) is 88.5 cm³/mol. The summed E-state index contributed by atoms with van der Waals surface area (Å²) >= 11 is 0. The molecule has 0 saturated carbocycles. The van der Waals surface area contributed by atoms with E-state index in [0.717, 1.165) is 46.8 Å². The molecule has 0 radical (unpaired) electrons. The molecule has 6 heteroatoms. The largest absolute Gasteiger partial charge is 0.351 e. The second kappa shape index (κ2) is 5.15. The normalized spacial score (nSPS) is 14.1. The van der Waals surface area contributed by atoms with Gasteiger partial charge in [-0.2, -0.15) is 0 Å². The maximum absolute atomic E-state index is 12.5. The Hall–Kier alpha value is -2.76. The van der Waals surface area contributed by atoms with E-state index in [2.05, 4.69) is 19.9 Å². The number of rotatable bonds is 1. The lowest BCUT2D eigenvalue weighted by molar-refractivity contribution is 0.651. The topological polar surface area (TPSA) is 63.9 Å². The van der Waals surface area contributed by atoms with Crippen molar-refractivity contribution in [3.8, 4) is 0 Å². The molecule has 23 heavy (non-hydrogen) atoms. The number of hydrogen-bond acceptors (Lipinski definition) is 5. The van der Waals surface area contributed by atoms with Gasteiger partial charge in [0.2, 0.25) is 0 Å². The summed E-state index contributed by atoms with van der Waals surface area (Å²) in [5.74, 6) is 1.64. The summed E-state index contributed by atoms with van der Waals surface area (Å²) < 4.78 is 1.61. The molecule has 0 amide bonds. The molecule has 0 aliphatic carbocycles. The molecule has 0 atom stereocenters. The van der Waals surface area contributed by atoms with Gasteiger partial charge in [0.1, 0.15) is 18.0 Å². The lowest BCUT2D eigenvalue weighted by Crippen LogP contribution is -2.38. The summed E-state index contributed by atoms with van der Waals surface area (Å²) in [7, 11) is 1.77.